The second-order valence-corrected chi connectivity index (χ2v) is 5.06. The summed E-state index contributed by atoms with van der Waals surface area (Å²) < 4.78 is 0. The quantitative estimate of drug-likeness (QED) is 0.707. The molecule has 1 fully saturated rings. The molecule has 84 valence electrons. The maximum Gasteiger partial charge on any atom is 0.0992 e. The van der Waals surface area contributed by atoms with Crippen LogP contribution >= 0.6 is 0 Å². The lowest BCUT2D eigenvalue weighted by Gasteiger charge is -2.45. The molecule has 3 nitrogen and oxygen atoms in total. The molecule has 0 spiro atoms. The average molecular weight is 200 g/mol. The van der Waals surface area contributed by atoms with Crippen molar-refractivity contribution in [2.45, 2.75) is 64.6 Å². The van der Waals surface area contributed by atoms with Crippen LogP contribution in [0, 0.1) is 0 Å². The van der Waals surface area contributed by atoms with E-state index >= 15 is 0 Å². The van der Waals surface area contributed by atoms with Crippen LogP contribution in [-0.2, 0) is 4.84 Å². The van der Waals surface area contributed by atoms with Gasteiger partial charge in [0.25, 0.3) is 0 Å². The molecule has 0 amide bonds. The lowest BCUT2D eigenvalue weighted by molar-refractivity contribution is -0.0991. The van der Waals surface area contributed by atoms with Crippen molar-refractivity contribution in [2.24, 2.45) is 5.90 Å². The Kier molecular flexibility index (Phi) is 3.93. The van der Waals surface area contributed by atoms with Crippen LogP contribution in [0.4, 0.5) is 0 Å². The van der Waals surface area contributed by atoms with Crippen LogP contribution in [0.25, 0.3) is 0 Å². The predicted octanol–water partition coefficient (Wildman–Crippen LogP) is 1.92. The van der Waals surface area contributed by atoms with Gasteiger partial charge in [0.1, 0.15) is 0 Å². The van der Waals surface area contributed by atoms with Gasteiger partial charge < -0.3 is 0 Å². The summed E-state index contributed by atoms with van der Waals surface area (Å²) in [7, 11) is 0. The van der Waals surface area contributed by atoms with Crippen molar-refractivity contribution in [3.8, 4) is 0 Å². The van der Waals surface area contributed by atoms with Gasteiger partial charge in [0.15, 0.2) is 0 Å². The highest BCUT2D eigenvalue weighted by atomic mass is 16.6. The van der Waals surface area contributed by atoms with E-state index in [0.29, 0.717) is 12.1 Å². The number of hydrogen-bond acceptors (Lipinski definition) is 3. The Bertz CT molecular complexity index is 180. The van der Waals surface area contributed by atoms with E-state index in [0.717, 1.165) is 0 Å². The van der Waals surface area contributed by atoms with Gasteiger partial charge >= 0.3 is 0 Å². The first-order valence-corrected chi connectivity index (χ1v) is 5.62. The second kappa shape index (κ2) is 4.60. The van der Waals surface area contributed by atoms with Crippen molar-refractivity contribution in [1.29, 1.82) is 0 Å². The molecule has 0 bridgehead atoms. The Morgan fingerprint density at radius 2 is 2.00 bits per heavy atom. The molecule has 0 radical (unpaired) electrons. The summed E-state index contributed by atoms with van der Waals surface area (Å²) in [5.41, 5.74) is -0.231. The van der Waals surface area contributed by atoms with E-state index in [9.17, 15) is 0 Å². The molecule has 14 heavy (non-hydrogen) atoms. The van der Waals surface area contributed by atoms with Crippen LogP contribution in [0.3, 0.4) is 0 Å². The first-order valence-electron chi connectivity index (χ1n) is 5.62. The first-order chi connectivity index (χ1) is 6.49. The fraction of sp³-hybridized carbons (Fsp3) is 1.00. The minimum absolute atomic E-state index is 0.231. The van der Waals surface area contributed by atoms with Crippen LogP contribution in [0.15, 0.2) is 0 Å². The van der Waals surface area contributed by atoms with Crippen LogP contribution < -0.4 is 5.90 Å². The van der Waals surface area contributed by atoms with Gasteiger partial charge in [0, 0.05) is 12.1 Å². The topological polar surface area (TPSA) is 38.5 Å². The predicted molar refractivity (Wildman–Crippen MR) is 58.8 cm³/mol. The number of hydrogen-bond donors (Lipinski definition) is 1. The number of likely N-dealkylation sites (tertiary alicyclic amines) is 1. The van der Waals surface area contributed by atoms with Crippen LogP contribution in [-0.4, -0.2) is 29.1 Å². The highest BCUT2D eigenvalue weighted by molar-refractivity contribution is 4.91. The van der Waals surface area contributed by atoms with E-state index in [1.54, 1.807) is 0 Å². The Labute approximate surface area is 87.6 Å². The fourth-order valence-corrected chi connectivity index (χ4v) is 2.40. The normalized spacial score (nSPS) is 25.7. The lowest BCUT2D eigenvalue weighted by Crippen LogP contribution is -2.56. The molecule has 1 unspecified atom stereocenters. The van der Waals surface area contributed by atoms with Gasteiger partial charge in [-0.05, 0) is 47.1 Å². The van der Waals surface area contributed by atoms with E-state index in [1.807, 2.05) is 0 Å². The van der Waals surface area contributed by atoms with Gasteiger partial charge in [0.2, 0.25) is 0 Å². The third kappa shape index (κ3) is 2.47. The Morgan fingerprint density at radius 1 is 1.36 bits per heavy atom. The molecule has 1 heterocycles. The summed E-state index contributed by atoms with van der Waals surface area (Å²) >= 11 is 0. The Balaban J connectivity index is 2.72. The van der Waals surface area contributed by atoms with Crippen molar-refractivity contribution < 1.29 is 4.84 Å². The molecule has 1 rings (SSSR count). The van der Waals surface area contributed by atoms with E-state index in [2.05, 4.69) is 32.6 Å². The van der Waals surface area contributed by atoms with E-state index in [-0.39, 0.29) is 5.60 Å². The number of rotatable bonds is 3. The lowest BCUT2D eigenvalue weighted by atomic mass is 9.88. The van der Waals surface area contributed by atoms with Crippen molar-refractivity contribution in [2.75, 3.05) is 6.54 Å². The molecule has 1 aliphatic heterocycles. The first kappa shape index (κ1) is 12.0. The summed E-state index contributed by atoms with van der Waals surface area (Å²) in [4.78, 5) is 7.63. The number of nitrogens with two attached hydrogens (primary N) is 1. The SMILES string of the molecule is CC(C)N1CCCCC1C(C)(C)ON. The van der Waals surface area contributed by atoms with Gasteiger partial charge in [-0.3, -0.25) is 9.74 Å². The highest BCUT2D eigenvalue weighted by Gasteiger charge is 2.37. The molecule has 0 aliphatic carbocycles. The maximum absolute atomic E-state index is 5.37. The number of piperidine rings is 1. The van der Waals surface area contributed by atoms with Gasteiger partial charge in [-0.1, -0.05) is 6.42 Å². The third-order valence-electron chi connectivity index (χ3n) is 3.31. The third-order valence-corrected chi connectivity index (χ3v) is 3.31. The van der Waals surface area contributed by atoms with Crippen LogP contribution in [0.5, 0.6) is 0 Å². The van der Waals surface area contributed by atoms with Crippen molar-refractivity contribution in [3.63, 3.8) is 0 Å². The second-order valence-electron chi connectivity index (χ2n) is 5.06. The van der Waals surface area contributed by atoms with Gasteiger partial charge in [-0.2, -0.15) is 0 Å². The zero-order chi connectivity index (χ0) is 10.8. The summed E-state index contributed by atoms with van der Waals surface area (Å²) in [5, 5.41) is 0. The minimum atomic E-state index is -0.231. The standard InChI is InChI=1S/C11H24N2O/c1-9(2)13-8-6-5-7-10(13)11(3,4)14-12/h9-10H,5-8,12H2,1-4H3. The molecule has 3 heteroatoms. The summed E-state index contributed by atoms with van der Waals surface area (Å²) in [5.74, 6) is 5.37. The average Bonchev–Trinajstić information content (AvgIpc) is 2.18. The zero-order valence-electron chi connectivity index (χ0n) is 9.92. The van der Waals surface area contributed by atoms with Gasteiger partial charge in [-0.15, -0.1) is 0 Å². The molecule has 1 aliphatic rings. The van der Waals surface area contributed by atoms with Gasteiger partial charge in [0.05, 0.1) is 5.60 Å². The number of nitrogens with zero attached hydrogens (tertiary/aromatic N) is 1. The van der Waals surface area contributed by atoms with Crippen molar-refractivity contribution in [1.82, 2.24) is 4.90 Å². The molecule has 0 saturated carbocycles. The van der Waals surface area contributed by atoms with Gasteiger partial charge in [-0.25, -0.2) is 5.90 Å². The van der Waals surface area contributed by atoms with Crippen LogP contribution in [0.1, 0.15) is 47.0 Å². The maximum atomic E-state index is 5.37. The van der Waals surface area contributed by atoms with Crippen LogP contribution in [0.2, 0.25) is 0 Å². The largest absolute Gasteiger partial charge is 0.297 e. The zero-order valence-corrected chi connectivity index (χ0v) is 9.92. The summed E-state index contributed by atoms with van der Waals surface area (Å²) in [6, 6.07) is 1.04. The Morgan fingerprint density at radius 3 is 2.50 bits per heavy atom. The molecule has 0 aromatic rings. The smallest absolute Gasteiger partial charge is 0.0992 e. The summed E-state index contributed by atoms with van der Waals surface area (Å²) in [6.45, 7) is 9.82. The minimum Gasteiger partial charge on any atom is -0.297 e. The molecule has 1 atom stereocenters. The van der Waals surface area contributed by atoms with Crippen molar-refractivity contribution >= 4 is 0 Å². The summed E-state index contributed by atoms with van der Waals surface area (Å²) in [6.07, 6.45) is 3.79. The monoisotopic (exact) mass is 200 g/mol. The van der Waals surface area contributed by atoms with E-state index in [4.69, 9.17) is 10.7 Å². The molecular formula is C11H24N2O. The molecule has 1 saturated heterocycles. The van der Waals surface area contributed by atoms with Crippen molar-refractivity contribution in [3.05, 3.63) is 0 Å². The molecular weight excluding hydrogens is 176 g/mol. The Hall–Kier alpha value is -0.120. The van der Waals surface area contributed by atoms with E-state index < -0.39 is 0 Å². The molecule has 0 aromatic heterocycles. The highest BCUT2D eigenvalue weighted by Crippen LogP contribution is 2.29. The molecule has 0 aromatic carbocycles. The fourth-order valence-electron chi connectivity index (χ4n) is 2.40. The molecule has 2 N–H and O–H groups in total. The van der Waals surface area contributed by atoms with E-state index in [1.165, 1.54) is 25.8 Å².